The number of furan rings is 1. The Balaban J connectivity index is 1.10. The largest absolute Gasteiger partial charge is 0.455 e. The van der Waals surface area contributed by atoms with Crippen LogP contribution in [0.25, 0.3) is 100 Å². The first-order valence-corrected chi connectivity index (χ1v) is 17.8. The summed E-state index contributed by atoms with van der Waals surface area (Å²) in [4.78, 5) is 14.8. The zero-order valence-electron chi connectivity index (χ0n) is 28.6. The zero-order chi connectivity index (χ0) is 35.1. The molecule has 10 aromatic rings. The first-order chi connectivity index (χ1) is 26.3. The molecule has 2 aromatic heterocycles. The molecule has 0 atom stereocenters. The summed E-state index contributed by atoms with van der Waals surface area (Å²) in [6.07, 6.45) is 0. The van der Waals surface area contributed by atoms with Crippen LogP contribution in [0.1, 0.15) is 0 Å². The molecule has 4 heteroatoms. The number of benzene rings is 8. The quantitative estimate of drug-likeness (QED) is 0.176. The van der Waals surface area contributed by atoms with Crippen molar-refractivity contribution in [1.82, 2.24) is 15.0 Å². The van der Waals surface area contributed by atoms with Gasteiger partial charge in [0.05, 0.1) is 0 Å². The van der Waals surface area contributed by atoms with Gasteiger partial charge in [-0.3, -0.25) is 0 Å². The molecule has 0 saturated carbocycles. The summed E-state index contributed by atoms with van der Waals surface area (Å²) in [5.41, 5.74) is 11.1. The number of rotatable bonds is 6. The maximum atomic E-state index is 6.93. The zero-order valence-corrected chi connectivity index (χ0v) is 28.6. The van der Waals surface area contributed by atoms with Crippen molar-refractivity contribution in [2.24, 2.45) is 0 Å². The van der Waals surface area contributed by atoms with Crippen LogP contribution in [0.3, 0.4) is 0 Å². The lowest BCUT2D eigenvalue weighted by atomic mass is 9.94. The van der Waals surface area contributed by atoms with Gasteiger partial charge in [0.25, 0.3) is 0 Å². The fraction of sp³-hybridized carbons (Fsp3) is 0. The van der Waals surface area contributed by atoms with Crippen LogP contribution in [-0.4, -0.2) is 15.0 Å². The molecule has 0 fully saturated rings. The fourth-order valence-electron chi connectivity index (χ4n) is 7.35. The molecule has 0 N–H and O–H groups in total. The second-order valence-corrected chi connectivity index (χ2v) is 13.2. The van der Waals surface area contributed by atoms with Crippen LogP contribution in [-0.2, 0) is 0 Å². The highest BCUT2D eigenvalue weighted by atomic mass is 16.3. The molecule has 0 aliphatic heterocycles. The third-order valence-corrected chi connectivity index (χ3v) is 9.90. The van der Waals surface area contributed by atoms with Crippen molar-refractivity contribution in [3.05, 3.63) is 188 Å². The van der Waals surface area contributed by atoms with E-state index in [0.29, 0.717) is 17.5 Å². The lowest BCUT2D eigenvalue weighted by Gasteiger charge is -2.10. The number of hydrogen-bond acceptors (Lipinski definition) is 4. The summed E-state index contributed by atoms with van der Waals surface area (Å²) < 4.78 is 6.93. The minimum atomic E-state index is 0.629. The predicted molar refractivity (Wildman–Crippen MR) is 217 cm³/mol. The minimum Gasteiger partial charge on any atom is -0.455 e. The van der Waals surface area contributed by atoms with Crippen LogP contribution >= 0.6 is 0 Å². The Morgan fingerprint density at radius 2 is 0.774 bits per heavy atom. The molecule has 0 spiro atoms. The third kappa shape index (κ3) is 5.54. The molecule has 248 valence electrons. The van der Waals surface area contributed by atoms with E-state index in [1.807, 2.05) is 60.7 Å². The Bertz CT molecular complexity index is 2880. The molecule has 0 saturated heterocycles. The highest BCUT2D eigenvalue weighted by Gasteiger charge is 2.19. The van der Waals surface area contributed by atoms with Crippen LogP contribution in [0.4, 0.5) is 0 Å². The van der Waals surface area contributed by atoms with Gasteiger partial charge in [-0.1, -0.05) is 170 Å². The summed E-state index contributed by atoms with van der Waals surface area (Å²) in [5, 5.41) is 4.63. The molecule has 0 bridgehead atoms. The van der Waals surface area contributed by atoms with E-state index >= 15 is 0 Å². The molecule has 0 radical (unpaired) electrons. The van der Waals surface area contributed by atoms with E-state index < -0.39 is 0 Å². The topological polar surface area (TPSA) is 51.8 Å². The van der Waals surface area contributed by atoms with Crippen LogP contribution in [0.5, 0.6) is 0 Å². The molecule has 4 nitrogen and oxygen atoms in total. The molecule has 0 aliphatic carbocycles. The lowest BCUT2D eigenvalue weighted by molar-refractivity contribution is 0.671. The van der Waals surface area contributed by atoms with Gasteiger partial charge >= 0.3 is 0 Å². The normalized spacial score (nSPS) is 11.4. The van der Waals surface area contributed by atoms with E-state index in [1.54, 1.807) is 0 Å². The van der Waals surface area contributed by atoms with Gasteiger partial charge in [-0.25, -0.2) is 15.0 Å². The molecule has 2 heterocycles. The number of hydrogen-bond donors (Lipinski definition) is 0. The number of aromatic nitrogens is 3. The summed E-state index contributed by atoms with van der Waals surface area (Å²) >= 11 is 0. The average Bonchev–Trinajstić information content (AvgIpc) is 3.65. The van der Waals surface area contributed by atoms with Gasteiger partial charge in [-0.05, 0) is 51.2 Å². The Hall–Kier alpha value is -7.17. The van der Waals surface area contributed by atoms with Crippen molar-refractivity contribution in [2.75, 3.05) is 0 Å². The van der Waals surface area contributed by atoms with Crippen LogP contribution < -0.4 is 0 Å². The minimum absolute atomic E-state index is 0.629. The number of fused-ring (bicyclic) bond motifs is 5. The molecule has 8 aromatic carbocycles. The third-order valence-electron chi connectivity index (χ3n) is 9.90. The Morgan fingerprint density at radius 3 is 1.43 bits per heavy atom. The lowest BCUT2D eigenvalue weighted by Crippen LogP contribution is -2.00. The summed E-state index contributed by atoms with van der Waals surface area (Å²) in [6.45, 7) is 0. The first kappa shape index (κ1) is 30.6. The molecule has 0 amide bonds. The van der Waals surface area contributed by atoms with Crippen molar-refractivity contribution >= 4 is 32.7 Å². The van der Waals surface area contributed by atoms with E-state index in [2.05, 4.69) is 127 Å². The molecule has 53 heavy (non-hydrogen) atoms. The number of nitrogens with zero attached hydrogens (tertiary/aromatic N) is 3. The first-order valence-electron chi connectivity index (χ1n) is 17.8. The molecule has 10 rings (SSSR count). The van der Waals surface area contributed by atoms with Gasteiger partial charge in [0.2, 0.25) is 0 Å². The second-order valence-electron chi connectivity index (χ2n) is 13.2. The number of para-hydroxylation sites is 1. The highest BCUT2D eigenvalue weighted by Crippen LogP contribution is 2.44. The summed E-state index contributed by atoms with van der Waals surface area (Å²) in [7, 11) is 0. The van der Waals surface area contributed by atoms with Gasteiger partial charge in [0, 0.05) is 38.6 Å². The van der Waals surface area contributed by atoms with E-state index in [0.717, 1.165) is 72.0 Å². The smallest absolute Gasteiger partial charge is 0.164 e. The van der Waals surface area contributed by atoms with Gasteiger partial charge < -0.3 is 4.42 Å². The SMILES string of the molecule is c1ccc(-c2nc(-c3ccccc3)nc(-c3cccc(-c4cccc(-c5cccc6c5oc5c(-c7ccccc7)cc7ccccc7c56)c4)c3)n2)cc1. The van der Waals surface area contributed by atoms with Gasteiger partial charge in [-0.2, -0.15) is 0 Å². The van der Waals surface area contributed by atoms with Gasteiger partial charge in [0.15, 0.2) is 17.5 Å². The average molecular weight is 678 g/mol. The van der Waals surface area contributed by atoms with Crippen LogP contribution in [0.15, 0.2) is 192 Å². The van der Waals surface area contributed by atoms with Crippen LogP contribution in [0.2, 0.25) is 0 Å². The van der Waals surface area contributed by atoms with E-state index in [9.17, 15) is 0 Å². The Morgan fingerprint density at radius 1 is 0.302 bits per heavy atom. The molecular formula is C49H31N3O. The van der Waals surface area contributed by atoms with Gasteiger partial charge in [-0.15, -0.1) is 0 Å². The predicted octanol–water partition coefficient (Wildman–Crippen LogP) is 12.9. The molecule has 0 aliphatic rings. The summed E-state index contributed by atoms with van der Waals surface area (Å²) in [6, 6.07) is 65.1. The maximum Gasteiger partial charge on any atom is 0.164 e. The van der Waals surface area contributed by atoms with E-state index in [-0.39, 0.29) is 0 Å². The van der Waals surface area contributed by atoms with E-state index in [1.165, 1.54) is 10.8 Å². The van der Waals surface area contributed by atoms with Crippen molar-refractivity contribution in [1.29, 1.82) is 0 Å². The van der Waals surface area contributed by atoms with Gasteiger partial charge in [0.1, 0.15) is 11.2 Å². The standard InChI is InChI=1S/C49H31N3O/c1-4-15-32(16-5-1)43-31-38-21-10-11-26-40(38)44-42-28-14-27-41(45(42)53-46(43)44)37-24-12-22-35(29-37)36-23-13-25-39(30-36)49-51-47(33-17-6-2-7-18-33)50-48(52-49)34-19-8-3-9-20-34/h1-31H. The van der Waals surface area contributed by atoms with Crippen molar-refractivity contribution < 1.29 is 4.42 Å². The van der Waals surface area contributed by atoms with E-state index in [4.69, 9.17) is 19.4 Å². The maximum absolute atomic E-state index is 6.93. The fourth-order valence-corrected chi connectivity index (χ4v) is 7.35. The second kappa shape index (κ2) is 12.9. The summed E-state index contributed by atoms with van der Waals surface area (Å²) in [5.74, 6) is 1.91. The van der Waals surface area contributed by atoms with Crippen molar-refractivity contribution in [2.45, 2.75) is 0 Å². The van der Waals surface area contributed by atoms with Crippen molar-refractivity contribution in [3.8, 4) is 67.5 Å². The van der Waals surface area contributed by atoms with Crippen molar-refractivity contribution in [3.63, 3.8) is 0 Å². The Labute approximate surface area is 306 Å². The highest BCUT2D eigenvalue weighted by molar-refractivity contribution is 6.24. The molecule has 0 unspecified atom stereocenters. The van der Waals surface area contributed by atoms with Crippen LogP contribution in [0, 0.1) is 0 Å². The molecular weight excluding hydrogens is 647 g/mol. The Kier molecular flexibility index (Phi) is 7.43. The monoisotopic (exact) mass is 677 g/mol.